The van der Waals surface area contributed by atoms with Crippen molar-refractivity contribution in [3.05, 3.63) is 112 Å². The van der Waals surface area contributed by atoms with Gasteiger partial charge in [0.05, 0.1) is 0 Å². The number of benzene rings is 3. The highest BCUT2D eigenvalue weighted by Crippen LogP contribution is 2.33. The first-order chi connectivity index (χ1) is 12.5. The monoisotopic (exact) mass is 340 g/mol. The molecule has 0 N–H and O–H groups in total. The van der Waals surface area contributed by atoms with E-state index >= 15 is 0 Å². The molecule has 0 heterocycles. The average molecular weight is 341 g/mol. The first kappa shape index (κ1) is 18.2. The highest BCUT2D eigenvalue weighted by molar-refractivity contribution is 5.83. The number of rotatable bonds is 4. The predicted molar refractivity (Wildman–Crippen MR) is 114 cm³/mol. The summed E-state index contributed by atoms with van der Waals surface area (Å²) in [4.78, 5) is 0. The molecule has 0 spiro atoms. The maximum atomic E-state index is 2.42. The summed E-state index contributed by atoms with van der Waals surface area (Å²) in [6.07, 6.45) is 2.42. The maximum absolute atomic E-state index is 2.42. The van der Waals surface area contributed by atoms with Gasteiger partial charge in [-0.05, 0) is 67.0 Å². The van der Waals surface area contributed by atoms with Crippen LogP contribution in [0.4, 0.5) is 0 Å². The highest BCUT2D eigenvalue weighted by Gasteiger charge is 2.14. The second kappa shape index (κ2) is 7.74. The number of allylic oxidation sites excluding steroid dienone is 1. The minimum atomic E-state index is 0.354. The molecule has 0 bridgehead atoms. The van der Waals surface area contributed by atoms with Crippen LogP contribution in [0.15, 0.2) is 72.8 Å². The van der Waals surface area contributed by atoms with Crippen molar-refractivity contribution in [3.8, 4) is 0 Å². The van der Waals surface area contributed by atoms with Gasteiger partial charge in [0.15, 0.2) is 0 Å². The summed E-state index contributed by atoms with van der Waals surface area (Å²) < 4.78 is 0. The molecule has 3 aromatic rings. The lowest BCUT2D eigenvalue weighted by Gasteiger charge is -2.18. The van der Waals surface area contributed by atoms with Gasteiger partial charge in [-0.3, -0.25) is 0 Å². The molecule has 0 heteroatoms. The van der Waals surface area contributed by atoms with Crippen molar-refractivity contribution in [2.75, 3.05) is 0 Å². The zero-order valence-electron chi connectivity index (χ0n) is 16.5. The van der Waals surface area contributed by atoms with E-state index in [-0.39, 0.29) is 0 Å². The molecule has 0 saturated carbocycles. The lowest BCUT2D eigenvalue weighted by Crippen LogP contribution is -1.99. The second-order valence-corrected chi connectivity index (χ2v) is 7.42. The van der Waals surface area contributed by atoms with Gasteiger partial charge in [-0.15, -0.1) is 0 Å². The zero-order valence-corrected chi connectivity index (χ0v) is 16.5. The molecule has 0 aliphatic carbocycles. The molecule has 1 atom stereocenters. The van der Waals surface area contributed by atoms with Crippen LogP contribution in [0.2, 0.25) is 0 Å². The van der Waals surface area contributed by atoms with Crippen LogP contribution in [0.1, 0.15) is 51.8 Å². The molecule has 0 aliphatic heterocycles. The Balaban J connectivity index is 2.17. The summed E-state index contributed by atoms with van der Waals surface area (Å²) in [6.45, 7) is 11.0. The molecule has 26 heavy (non-hydrogen) atoms. The van der Waals surface area contributed by atoms with Gasteiger partial charge in [0.25, 0.3) is 0 Å². The zero-order chi connectivity index (χ0) is 18.7. The Morgan fingerprint density at radius 2 is 1.31 bits per heavy atom. The molecule has 3 aromatic carbocycles. The van der Waals surface area contributed by atoms with E-state index in [4.69, 9.17) is 0 Å². The number of hydrogen-bond acceptors (Lipinski definition) is 0. The predicted octanol–water partition coefficient (Wildman–Crippen LogP) is 7.16. The molecule has 0 aliphatic rings. The summed E-state index contributed by atoms with van der Waals surface area (Å²) in [5, 5.41) is 0. The van der Waals surface area contributed by atoms with E-state index in [1.165, 1.54) is 44.5 Å². The molecular weight excluding hydrogens is 312 g/mol. The first-order valence-corrected chi connectivity index (χ1v) is 9.37. The van der Waals surface area contributed by atoms with Crippen LogP contribution in [-0.2, 0) is 0 Å². The highest BCUT2D eigenvalue weighted by atomic mass is 14.2. The fourth-order valence-corrected chi connectivity index (χ4v) is 3.76. The van der Waals surface area contributed by atoms with Gasteiger partial charge in [0.1, 0.15) is 0 Å². The van der Waals surface area contributed by atoms with Crippen LogP contribution < -0.4 is 0 Å². The smallest absolute Gasteiger partial charge is 0.000102 e. The van der Waals surface area contributed by atoms with Crippen molar-refractivity contribution in [1.29, 1.82) is 0 Å². The topological polar surface area (TPSA) is 0 Å². The third kappa shape index (κ3) is 3.96. The molecule has 0 fully saturated rings. The van der Waals surface area contributed by atoms with Gasteiger partial charge in [0.2, 0.25) is 0 Å². The third-order valence-electron chi connectivity index (χ3n) is 5.05. The van der Waals surface area contributed by atoms with Crippen LogP contribution in [0, 0.1) is 27.7 Å². The average Bonchev–Trinajstić information content (AvgIpc) is 2.61. The molecule has 0 saturated heterocycles. The van der Waals surface area contributed by atoms with E-state index in [1.807, 2.05) is 0 Å². The van der Waals surface area contributed by atoms with Gasteiger partial charge in [-0.2, -0.15) is 0 Å². The lowest BCUT2D eigenvalue weighted by molar-refractivity contribution is 0.968. The largest absolute Gasteiger partial charge is 0.0688 e. The third-order valence-corrected chi connectivity index (χ3v) is 5.05. The van der Waals surface area contributed by atoms with Crippen molar-refractivity contribution < 1.29 is 0 Å². The Kier molecular flexibility index (Phi) is 5.42. The van der Waals surface area contributed by atoms with Gasteiger partial charge >= 0.3 is 0 Å². The Morgan fingerprint density at radius 1 is 0.731 bits per heavy atom. The number of aryl methyl sites for hydroxylation is 4. The van der Waals surface area contributed by atoms with Crippen LogP contribution in [0.25, 0.3) is 5.57 Å². The Bertz CT molecular complexity index is 889. The van der Waals surface area contributed by atoms with E-state index in [0.717, 1.165) is 0 Å². The molecule has 1 unspecified atom stereocenters. The maximum Gasteiger partial charge on any atom is -0.000102 e. The van der Waals surface area contributed by atoms with Crippen molar-refractivity contribution in [1.82, 2.24) is 0 Å². The molecule has 0 radical (unpaired) electrons. The Morgan fingerprint density at radius 3 is 1.88 bits per heavy atom. The van der Waals surface area contributed by atoms with Gasteiger partial charge in [0, 0.05) is 0 Å². The van der Waals surface area contributed by atoms with E-state index in [9.17, 15) is 0 Å². The van der Waals surface area contributed by atoms with E-state index in [1.54, 1.807) is 0 Å². The number of hydrogen-bond donors (Lipinski definition) is 0. The van der Waals surface area contributed by atoms with E-state index in [2.05, 4.69) is 107 Å². The lowest BCUT2D eigenvalue weighted by atomic mass is 9.86. The van der Waals surface area contributed by atoms with Crippen LogP contribution in [0.5, 0.6) is 0 Å². The summed E-state index contributed by atoms with van der Waals surface area (Å²) in [7, 11) is 0. The van der Waals surface area contributed by atoms with E-state index in [0.29, 0.717) is 5.92 Å². The van der Waals surface area contributed by atoms with Crippen molar-refractivity contribution in [2.45, 2.75) is 40.5 Å². The van der Waals surface area contributed by atoms with Gasteiger partial charge < -0.3 is 0 Å². The minimum absolute atomic E-state index is 0.354. The normalized spacial score (nSPS) is 12.9. The van der Waals surface area contributed by atoms with Crippen molar-refractivity contribution >= 4 is 5.57 Å². The fourth-order valence-electron chi connectivity index (χ4n) is 3.76. The van der Waals surface area contributed by atoms with Crippen LogP contribution in [0.3, 0.4) is 0 Å². The van der Waals surface area contributed by atoms with Crippen LogP contribution >= 0.6 is 0 Å². The minimum Gasteiger partial charge on any atom is -0.0688 e. The SMILES string of the molecule is Cc1ccc(/C(=C/C(C)c2ccccc2)c2c(C)cc(C)cc2C)cc1. The molecular formula is C26H28. The van der Waals surface area contributed by atoms with Crippen molar-refractivity contribution in [2.24, 2.45) is 0 Å². The summed E-state index contributed by atoms with van der Waals surface area (Å²) in [5.41, 5.74) is 10.6. The molecule has 132 valence electrons. The molecule has 0 aromatic heterocycles. The molecule has 3 rings (SSSR count). The Hall–Kier alpha value is -2.60. The standard InChI is InChI=1S/C26H28/c1-18-11-13-24(14-12-18)25(17-20(3)23-9-7-6-8-10-23)26-21(4)15-19(2)16-22(26)5/h6-17,20H,1-5H3/b25-17-. The summed E-state index contributed by atoms with van der Waals surface area (Å²) in [6, 6.07) is 24.2. The summed E-state index contributed by atoms with van der Waals surface area (Å²) in [5.74, 6) is 0.354. The second-order valence-electron chi connectivity index (χ2n) is 7.42. The molecule has 0 nitrogen and oxygen atoms in total. The van der Waals surface area contributed by atoms with E-state index < -0.39 is 0 Å². The molecule has 0 amide bonds. The van der Waals surface area contributed by atoms with Crippen molar-refractivity contribution in [3.63, 3.8) is 0 Å². The Labute approximate surface area is 158 Å². The van der Waals surface area contributed by atoms with Gasteiger partial charge in [-0.1, -0.05) is 90.9 Å². The van der Waals surface area contributed by atoms with Crippen LogP contribution in [-0.4, -0.2) is 0 Å². The fraction of sp³-hybridized carbons (Fsp3) is 0.231. The first-order valence-electron chi connectivity index (χ1n) is 9.37. The van der Waals surface area contributed by atoms with Gasteiger partial charge in [-0.25, -0.2) is 0 Å². The quantitative estimate of drug-likeness (QED) is 0.473. The summed E-state index contributed by atoms with van der Waals surface area (Å²) >= 11 is 0.